The number of hydrogen-bond donors (Lipinski definition) is 1. The van der Waals surface area contributed by atoms with Gasteiger partial charge in [-0.15, -0.1) is 0 Å². The van der Waals surface area contributed by atoms with E-state index in [1.54, 1.807) is 0 Å². The number of nitrogens with two attached hydrogens (primary N) is 1. The van der Waals surface area contributed by atoms with Gasteiger partial charge < -0.3 is 5.73 Å². The summed E-state index contributed by atoms with van der Waals surface area (Å²) in [5.41, 5.74) is 6.79. The molecule has 1 aromatic carbocycles. The third-order valence-electron chi connectivity index (χ3n) is 3.21. The Kier molecular flexibility index (Phi) is 4.54. The average Bonchev–Trinajstić information content (AvgIpc) is 2.89. The molecule has 0 saturated heterocycles. The van der Waals surface area contributed by atoms with Gasteiger partial charge in [-0.1, -0.05) is 6.92 Å². The molecular weight excluding hydrogens is 277 g/mol. The molecule has 0 bridgehead atoms. The van der Waals surface area contributed by atoms with E-state index in [9.17, 15) is 8.60 Å². The Labute approximate surface area is 120 Å². The van der Waals surface area contributed by atoms with Crippen molar-refractivity contribution < 1.29 is 8.60 Å². The molecule has 0 aliphatic rings. The molecule has 0 amide bonds. The molecule has 108 valence electrons. The molecule has 0 fully saturated rings. The van der Waals surface area contributed by atoms with E-state index in [2.05, 4.69) is 18.9 Å². The van der Waals surface area contributed by atoms with E-state index in [4.69, 9.17) is 5.73 Å². The summed E-state index contributed by atoms with van der Waals surface area (Å²) in [7, 11) is -1.40. The van der Waals surface area contributed by atoms with Crippen LogP contribution < -0.4 is 5.73 Å². The van der Waals surface area contributed by atoms with Crippen LogP contribution >= 0.6 is 0 Å². The lowest BCUT2D eigenvalue weighted by molar-refractivity contribution is 0.475. The maximum absolute atomic E-state index is 13.2. The van der Waals surface area contributed by atoms with Crippen molar-refractivity contribution in [3.05, 3.63) is 42.0 Å². The molecule has 2 atom stereocenters. The van der Waals surface area contributed by atoms with E-state index >= 15 is 0 Å². The molecule has 1 aromatic heterocycles. The third kappa shape index (κ3) is 3.25. The first-order valence-electron chi connectivity index (χ1n) is 6.48. The summed E-state index contributed by atoms with van der Waals surface area (Å²) in [4.78, 5) is 0.322. The number of nitrogen functional groups attached to an aromatic ring is 1. The van der Waals surface area contributed by atoms with Crippen molar-refractivity contribution in [2.24, 2.45) is 0 Å². The fourth-order valence-corrected chi connectivity index (χ4v) is 2.96. The van der Waals surface area contributed by atoms with Gasteiger partial charge in [-0.05, 0) is 37.6 Å². The number of aromatic nitrogens is 2. The molecule has 2 aromatic rings. The van der Waals surface area contributed by atoms with Crippen LogP contribution in [0.5, 0.6) is 0 Å². The second kappa shape index (κ2) is 6.17. The highest BCUT2D eigenvalue weighted by atomic mass is 32.2. The zero-order valence-corrected chi connectivity index (χ0v) is 12.4. The Hall–Kier alpha value is -1.69. The van der Waals surface area contributed by atoms with Gasteiger partial charge in [0.1, 0.15) is 5.82 Å². The minimum Gasteiger partial charge on any atom is -0.398 e. The van der Waals surface area contributed by atoms with Gasteiger partial charge in [0.05, 0.1) is 27.1 Å². The Morgan fingerprint density at radius 1 is 1.45 bits per heavy atom. The van der Waals surface area contributed by atoms with Gasteiger partial charge in [0.15, 0.2) is 0 Å². The van der Waals surface area contributed by atoms with Crippen LogP contribution in [-0.2, 0) is 16.6 Å². The van der Waals surface area contributed by atoms with Gasteiger partial charge in [0.2, 0.25) is 0 Å². The number of halogens is 1. The van der Waals surface area contributed by atoms with Gasteiger partial charge >= 0.3 is 0 Å². The van der Waals surface area contributed by atoms with E-state index in [0.717, 1.165) is 6.42 Å². The van der Waals surface area contributed by atoms with Gasteiger partial charge in [-0.2, -0.15) is 5.10 Å². The van der Waals surface area contributed by atoms with Crippen LogP contribution in [0.15, 0.2) is 35.4 Å². The van der Waals surface area contributed by atoms with Crippen LogP contribution in [0.3, 0.4) is 0 Å². The van der Waals surface area contributed by atoms with Crippen molar-refractivity contribution in [3.63, 3.8) is 0 Å². The monoisotopic (exact) mass is 295 g/mol. The fourth-order valence-electron chi connectivity index (χ4n) is 1.80. The normalized spacial score (nSPS) is 14.2. The minimum absolute atomic E-state index is 0.233. The van der Waals surface area contributed by atoms with Gasteiger partial charge in [0, 0.05) is 17.9 Å². The maximum atomic E-state index is 13.2. The summed E-state index contributed by atoms with van der Waals surface area (Å²) in [5, 5.41) is 4.39. The molecule has 2 rings (SSSR count). The molecule has 20 heavy (non-hydrogen) atoms. The Balaban J connectivity index is 2.15. The Morgan fingerprint density at radius 3 is 2.90 bits per heavy atom. The van der Waals surface area contributed by atoms with Crippen molar-refractivity contribution in [2.45, 2.75) is 37.0 Å². The van der Waals surface area contributed by atoms with Crippen molar-refractivity contribution in [1.82, 2.24) is 9.78 Å². The quantitative estimate of drug-likeness (QED) is 0.863. The number of rotatable bonds is 5. The van der Waals surface area contributed by atoms with Crippen LogP contribution in [0, 0.1) is 5.82 Å². The highest BCUT2D eigenvalue weighted by molar-refractivity contribution is 7.84. The van der Waals surface area contributed by atoms with Crippen molar-refractivity contribution in [2.75, 3.05) is 5.73 Å². The molecule has 0 saturated carbocycles. The lowest BCUT2D eigenvalue weighted by atomic mass is 10.3. The van der Waals surface area contributed by atoms with Crippen molar-refractivity contribution in [3.8, 4) is 0 Å². The van der Waals surface area contributed by atoms with Crippen LogP contribution in [0.4, 0.5) is 10.1 Å². The average molecular weight is 295 g/mol. The fraction of sp³-hybridized carbons (Fsp3) is 0.357. The molecule has 4 nitrogen and oxygen atoms in total. The molecule has 0 radical (unpaired) electrons. The first kappa shape index (κ1) is 14.7. The van der Waals surface area contributed by atoms with Crippen molar-refractivity contribution >= 4 is 16.5 Å². The lowest BCUT2D eigenvalue weighted by Gasteiger charge is -2.08. The lowest BCUT2D eigenvalue weighted by Crippen LogP contribution is -2.06. The van der Waals surface area contributed by atoms with Gasteiger partial charge in [-0.3, -0.25) is 8.89 Å². The Morgan fingerprint density at radius 2 is 2.20 bits per heavy atom. The molecule has 1 heterocycles. The van der Waals surface area contributed by atoms with Crippen LogP contribution in [0.2, 0.25) is 0 Å². The first-order valence-corrected chi connectivity index (χ1v) is 7.80. The summed E-state index contributed by atoms with van der Waals surface area (Å²) in [6.45, 7) is 4.15. The summed E-state index contributed by atoms with van der Waals surface area (Å²) in [6, 6.07) is 6.04. The second-order valence-corrected chi connectivity index (χ2v) is 6.14. The minimum atomic E-state index is -1.40. The highest BCUT2D eigenvalue weighted by Crippen LogP contribution is 2.20. The number of hydrogen-bond acceptors (Lipinski definition) is 3. The summed E-state index contributed by atoms with van der Waals surface area (Å²) < 4.78 is 27.3. The van der Waals surface area contributed by atoms with Crippen LogP contribution in [-0.4, -0.2) is 14.0 Å². The molecule has 2 N–H and O–H groups in total. The van der Waals surface area contributed by atoms with E-state index in [1.807, 2.05) is 16.9 Å². The summed E-state index contributed by atoms with van der Waals surface area (Å²) in [6.07, 6.45) is 2.84. The van der Waals surface area contributed by atoms with E-state index < -0.39 is 16.6 Å². The predicted molar refractivity (Wildman–Crippen MR) is 78.2 cm³/mol. The first-order chi connectivity index (χ1) is 9.51. The van der Waals surface area contributed by atoms with Gasteiger partial charge in [-0.25, -0.2) is 4.39 Å². The third-order valence-corrected chi connectivity index (χ3v) is 4.61. The van der Waals surface area contributed by atoms with Crippen LogP contribution in [0.1, 0.15) is 32.0 Å². The van der Waals surface area contributed by atoms with E-state index in [-0.39, 0.29) is 5.75 Å². The summed E-state index contributed by atoms with van der Waals surface area (Å²) in [5.74, 6) is -0.204. The topological polar surface area (TPSA) is 60.9 Å². The zero-order chi connectivity index (χ0) is 14.7. The van der Waals surface area contributed by atoms with E-state index in [1.165, 1.54) is 18.2 Å². The smallest absolute Gasteiger partial charge is 0.124 e. The highest BCUT2D eigenvalue weighted by Gasteiger charge is 2.13. The SMILES string of the molecule is CCC(C)n1ccc(CS(=O)c2cc(F)ccc2N)n1. The largest absolute Gasteiger partial charge is 0.398 e. The number of anilines is 1. The zero-order valence-electron chi connectivity index (χ0n) is 11.5. The second-order valence-electron chi connectivity index (χ2n) is 4.72. The number of nitrogens with zero attached hydrogens (tertiary/aromatic N) is 2. The molecule has 6 heteroatoms. The van der Waals surface area contributed by atoms with E-state index in [0.29, 0.717) is 22.3 Å². The molecule has 0 aliphatic carbocycles. The summed E-state index contributed by atoms with van der Waals surface area (Å²) >= 11 is 0. The maximum Gasteiger partial charge on any atom is 0.124 e. The molecule has 2 unspecified atom stereocenters. The molecule has 0 spiro atoms. The molecule has 0 aliphatic heterocycles. The standard InChI is InChI=1S/C14H18FN3OS/c1-3-10(2)18-7-6-12(17-18)9-20(19)14-8-11(15)4-5-13(14)16/h4-8,10H,3,9,16H2,1-2H3. The predicted octanol–water partition coefficient (Wildman–Crippen LogP) is 2.88. The van der Waals surface area contributed by atoms with Crippen LogP contribution in [0.25, 0.3) is 0 Å². The molecular formula is C14H18FN3OS. The van der Waals surface area contributed by atoms with Crippen molar-refractivity contribution in [1.29, 1.82) is 0 Å². The van der Waals surface area contributed by atoms with Gasteiger partial charge in [0.25, 0.3) is 0 Å². The number of benzene rings is 1. The Bertz CT molecular complexity index is 627.